The van der Waals surface area contributed by atoms with E-state index in [1.807, 2.05) is 14.7 Å². The van der Waals surface area contributed by atoms with Crippen LogP contribution in [0.3, 0.4) is 0 Å². The zero-order valence-corrected chi connectivity index (χ0v) is 21.4. The Morgan fingerprint density at radius 3 is 1.54 bits per heavy atom. The maximum atomic E-state index is 12.5. The largest absolute Gasteiger partial charge is 0.462 e. The molecule has 2 rings (SSSR count). The molecular formula is C23H38N4O8. The first-order valence-electron chi connectivity index (χ1n) is 12.0. The first-order chi connectivity index (χ1) is 16.3. The van der Waals surface area contributed by atoms with Crippen molar-refractivity contribution >= 4 is 29.7 Å². The molecule has 0 unspecified atom stereocenters. The number of esters is 2. The van der Waals surface area contributed by atoms with Crippen molar-refractivity contribution in [1.82, 2.24) is 19.8 Å². The molecule has 2 aliphatic rings. The van der Waals surface area contributed by atoms with E-state index in [4.69, 9.17) is 14.3 Å². The molecule has 2 fully saturated rings. The molecular weight excluding hydrogens is 460 g/mol. The molecule has 198 valence electrons. The summed E-state index contributed by atoms with van der Waals surface area (Å²) in [5.74, 6) is -2.51. The summed E-state index contributed by atoms with van der Waals surface area (Å²) in [4.78, 5) is 71.2. The fourth-order valence-electron chi connectivity index (χ4n) is 3.67. The van der Waals surface area contributed by atoms with Crippen LogP contribution in [0.15, 0.2) is 0 Å². The van der Waals surface area contributed by atoms with Gasteiger partial charge in [-0.3, -0.25) is 33.9 Å². The van der Waals surface area contributed by atoms with Crippen LogP contribution in [0.5, 0.6) is 0 Å². The molecule has 12 nitrogen and oxygen atoms in total. The fourth-order valence-corrected chi connectivity index (χ4v) is 3.67. The number of imide groups is 1. The molecule has 0 N–H and O–H groups in total. The second kappa shape index (κ2) is 12.9. The normalized spacial score (nSPS) is 19.3. The molecule has 0 bridgehead atoms. The molecule has 0 radical (unpaired) electrons. The minimum absolute atomic E-state index is 0.0247. The van der Waals surface area contributed by atoms with Crippen molar-refractivity contribution < 1.29 is 38.3 Å². The Morgan fingerprint density at radius 1 is 0.743 bits per heavy atom. The predicted octanol–water partition coefficient (Wildman–Crippen LogP) is -0.193. The summed E-state index contributed by atoms with van der Waals surface area (Å²) in [6.45, 7) is 11.8. The van der Waals surface area contributed by atoms with Crippen LogP contribution in [0.1, 0.15) is 47.5 Å². The van der Waals surface area contributed by atoms with Gasteiger partial charge in [-0.05, 0) is 34.6 Å². The number of hydrogen-bond acceptors (Lipinski definition) is 11. The molecule has 0 aromatic rings. The molecule has 2 amide bonds. The van der Waals surface area contributed by atoms with Gasteiger partial charge in [0.1, 0.15) is 5.60 Å². The number of hydroxylamine groups is 2. The van der Waals surface area contributed by atoms with Gasteiger partial charge in [-0.15, -0.1) is 5.06 Å². The zero-order valence-electron chi connectivity index (χ0n) is 21.4. The van der Waals surface area contributed by atoms with E-state index in [-0.39, 0.29) is 50.5 Å². The lowest BCUT2D eigenvalue weighted by Gasteiger charge is -2.26. The Morgan fingerprint density at radius 2 is 1.14 bits per heavy atom. The Hall–Kier alpha value is -2.57. The van der Waals surface area contributed by atoms with E-state index in [9.17, 15) is 24.0 Å². The van der Waals surface area contributed by atoms with Gasteiger partial charge in [0.15, 0.2) is 0 Å². The summed E-state index contributed by atoms with van der Waals surface area (Å²) < 4.78 is 10.7. The topological polar surface area (TPSA) is 126 Å². The highest BCUT2D eigenvalue weighted by Crippen LogP contribution is 2.13. The van der Waals surface area contributed by atoms with Gasteiger partial charge in [0, 0.05) is 52.1 Å². The van der Waals surface area contributed by atoms with Gasteiger partial charge in [-0.25, -0.2) is 4.79 Å². The van der Waals surface area contributed by atoms with Gasteiger partial charge in [0.25, 0.3) is 11.8 Å². The average Bonchev–Trinajstić information content (AvgIpc) is 3.06. The third kappa shape index (κ3) is 10.7. The summed E-state index contributed by atoms with van der Waals surface area (Å²) in [5.41, 5.74) is -0.608. The molecule has 35 heavy (non-hydrogen) atoms. The van der Waals surface area contributed by atoms with E-state index in [1.54, 1.807) is 34.6 Å². The van der Waals surface area contributed by atoms with Crippen molar-refractivity contribution in [3.05, 3.63) is 0 Å². The number of rotatable bonds is 8. The van der Waals surface area contributed by atoms with E-state index in [2.05, 4.69) is 0 Å². The molecule has 0 aromatic heterocycles. The van der Waals surface area contributed by atoms with Crippen LogP contribution < -0.4 is 0 Å². The van der Waals surface area contributed by atoms with E-state index in [0.717, 1.165) is 0 Å². The summed E-state index contributed by atoms with van der Waals surface area (Å²) >= 11 is 0. The van der Waals surface area contributed by atoms with E-state index in [1.165, 1.54) is 0 Å². The second-order valence-corrected chi connectivity index (χ2v) is 10.00. The van der Waals surface area contributed by atoms with Crippen molar-refractivity contribution in [3.8, 4) is 0 Å². The summed E-state index contributed by atoms with van der Waals surface area (Å²) in [5, 5.41) is 0.529. The van der Waals surface area contributed by atoms with E-state index in [0.29, 0.717) is 44.3 Å². The highest BCUT2D eigenvalue weighted by molar-refractivity contribution is 6.01. The monoisotopic (exact) mass is 498 g/mol. The molecule has 2 saturated heterocycles. The van der Waals surface area contributed by atoms with E-state index < -0.39 is 23.4 Å². The molecule has 0 aliphatic carbocycles. The average molecular weight is 499 g/mol. The van der Waals surface area contributed by atoms with Gasteiger partial charge < -0.3 is 14.3 Å². The Labute approximate surface area is 206 Å². The van der Waals surface area contributed by atoms with Crippen LogP contribution in [-0.2, 0) is 38.3 Å². The lowest BCUT2D eigenvalue weighted by Crippen LogP contribution is -2.43. The number of carbonyl (C=O) groups excluding carboxylic acids is 5. The van der Waals surface area contributed by atoms with Crippen molar-refractivity contribution in [3.63, 3.8) is 0 Å². The van der Waals surface area contributed by atoms with Crippen LogP contribution in [-0.4, -0.2) is 120 Å². The maximum Gasteiger partial charge on any atom is 0.347 e. The third-order valence-corrected chi connectivity index (χ3v) is 5.24. The molecule has 0 saturated carbocycles. The highest BCUT2D eigenvalue weighted by atomic mass is 16.7. The third-order valence-electron chi connectivity index (χ3n) is 5.24. The molecule has 0 atom stereocenters. The summed E-state index contributed by atoms with van der Waals surface area (Å²) in [7, 11) is 0. The van der Waals surface area contributed by atoms with Gasteiger partial charge >= 0.3 is 17.9 Å². The Kier molecular flexibility index (Phi) is 10.6. The lowest BCUT2D eigenvalue weighted by atomic mass is 10.2. The van der Waals surface area contributed by atoms with Gasteiger partial charge in [-0.2, -0.15) is 0 Å². The molecule has 0 aromatic carbocycles. The van der Waals surface area contributed by atoms with Crippen LogP contribution in [0.2, 0.25) is 0 Å². The van der Waals surface area contributed by atoms with Crippen molar-refractivity contribution in [2.75, 3.05) is 58.9 Å². The summed E-state index contributed by atoms with van der Waals surface area (Å²) in [6.07, 6.45) is -0.181. The first-order valence-corrected chi connectivity index (χ1v) is 12.0. The van der Waals surface area contributed by atoms with Gasteiger partial charge in [0.05, 0.1) is 25.7 Å². The van der Waals surface area contributed by atoms with Crippen molar-refractivity contribution in [2.24, 2.45) is 0 Å². The smallest absolute Gasteiger partial charge is 0.347 e. The van der Waals surface area contributed by atoms with Crippen molar-refractivity contribution in [2.45, 2.75) is 59.2 Å². The fraction of sp³-hybridized carbons (Fsp3) is 0.783. The van der Waals surface area contributed by atoms with Crippen LogP contribution in [0, 0.1) is 0 Å². The van der Waals surface area contributed by atoms with Crippen LogP contribution in [0.25, 0.3) is 0 Å². The second-order valence-electron chi connectivity index (χ2n) is 10.00. The number of hydrogen-bond donors (Lipinski definition) is 0. The summed E-state index contributed by atoms with van der Waals surface area (Å²) in [6, 6.07) is 0. The van der Waals surface area contributed by atoms with E-state index >= 15 is 0 Å². The zero-order chi connectivity index (χ0) is 26.2. The lowest BCUT2D eigenvalue weighted by molar-refractivity contribution is -0.198. The number of amides is 2. The Balaban J connectivity index is 2.03. The van der Waals surface area contributed by atoms with Crippen LogP contribution in [0.4, 0.5) is 0 Å². The molecule has 12 heteroatoms. The van der Waals surface area contributed by atoms with Crippen LogP contribution >= 0.6 is 0 Å². The molecule has 2 aliphatic heterocycles. The first kappa shape index (κ1) is 28.7. The quantitative estimate of drug-likeness (QED) is 0.326. The minimum atomic E-state index is -0.725. The SMILES string of the molecule is CC(C)OC(=O)CN1CCN(CC(=O)ON2C(=O)CCC2=O)CCN(CC(=O)OC(C)(C)C)CC1. The number of nitrogens with zero attached hydrogens (tertiary/aromatic N) is 4. The number of carbonyl (C=O) groups is 5. The predicted molar refractivity (Wildman–Crippen MR) is 124 cm³/mol. The highest BCUT2D eigenvalue weighted by Gasteiger charge is 2.33. The maximum absolute atomic E-state index is 12.5. The van der Waals surface area contributed by atoms with Gasteiger partial charge in [0.2, 0.25) is 0 Å². The van der Waals surface area contributed by atoms with Crippen molar-refractivity contribution in [1.29, 1.82) is 0 Å². The number of ether oxygens (including phenoxy) is 2. The standard InChI is InChI=1S/C23H38N4O8/c1-17(2)33-20(30)14-24-8-10-25(15-21(31)34-23(3,4)5)11-13-26(12-9-24)16-22(32)35-27-18(28)6-7-19(27)29/h17H,6-16H2,1-5H3. The molecule has 2 heterocycles. The minimum Gasteiger partial charge on any atom is -0.462 e. The molecule has 0 spiro atoms. The Bertz CT molecular complexity index is 779. The van der Waals surface area contributed by atoms with Gasteiger partial charge in [-0.1, -0.05) is 0 Å².